The Kier molecular flexibility index (Phi) is 5.91. The third-order valence-corrected chi connectivity index (χ3v) is 2.21. The van der Waals surface area contributed by atoms with Gasteiger partial charge in [-0.25, -0.2) is 0 Å². The van der Waals surface area contributed by atoms with Gasteiger partial charge in [0.05, 0.1) is 6.10 Å². The van der Waals surface area contributed by atoms with Crippen LogP contribution in [0.2, 0.25) is 0 Å². The Morgan fingerprint density at radius 3 is 2.41 bits per heavy atom. The van der Waals surface area contributed by atoms with E-state index in [2.05, 4.69) is 0 Å². The Morgan fingerprint density at radius 2 is 2.00 bits per heavy atom. The van der Waals surface area contributed by atoms with Crippen LogP contribution in [0.5, 0.6) is 0 Å². The fraction of sp³-hybridized carbons (Fsp3) is 0.900. The summed E-state index contributed by atoms with van der Waals surface area (Å²) in [4.78, 5) is 10.7. The van der Waals surface area contributed by atoms with Crippen LogP contribution in [0.15, 0.2) is 0 Å². The molecule has 3 N–H and O–H groups in total. The van der Waals surface area contributed by atoms with Crippen molar-refractivity contribution < 1.29 is 27.8 Å². The van der Waals surface area contributed by atoms with Crippen molar-refractivity contribution in [2.24, 2.45) is 5.73 Å². The summed E-state index contributed by atoms with van der Waals surface area (Å²) in [6, 6.07) is 0. The number of halogens is 3. The van der Waals surface area contributed by atoms with Crippen LogP contribution in [0, 0.1) is 0 Å². The zero-order chi connectivity index (χ0) is 13.7. The Hall–Kier alpha value is -0.820. The molecule has 0 saturated heterocycles. The summed E-state index contributed by atoms with van der Waals surface area (Å²) in [5.41, 5.74) is 4.05. The lowest BCUT2D eigenvalue weighted by Gasteiger charge is -2.23. The molecule has 0 heterocycles. The average Bonchev–Trinajstić information content (AvgIpc) is 2.10. The molecule has 0 amide bonds. The predicted molar refractivity (Wildman–Crippen MR) is 55.5 cm³/mol. The van der Waals surface area contributed by atoms with Gasteiger partial charge >= 0.3 is 12.1 Å². The van der Waals surface area contributed by atoms with E-state index in [0.717, 1.165) is 0 Å². The average molecular weight is 257 g/mol. The molecule has 0 aliphatic heterocycles. The normalized spacial score (nSPS) is 17.5. The van der Waals surface area contributed by atoms with E-state index < -0.39 is 30.2 Å². The smallest absolute Gasteiger partial charge is 0.389 e. The third kappa shape index (κ3) is 7.98. The maximum atomic E-state index is 11.8. The minimum atomic E-state index is -4.18. The summed E-state index contributed by atoms with van der Waals surface area (Å²) in [6.45, 7) is 2.86. The first-order chi connectivity index (χ1) is 7.54. The number of carboxylic acids is 1. The minimum Gasteiger partial charge on any atom is -0.480 e. The highest BCUT2D eigenvalue weighted by atomic mass is 19.4. The lowest BCUT2D eigenvalue weighted by molar-refractivity contribution is -0.144. The van der Waals surface area contributed by atoms with Gasteiger partial charge in [0.1, 0.15) is 5.54 Å². The summed E-state index contributed by atoms with van der Waals surface area (Å²) < 4.78 is 40.5. The first kappa shape index (κ1) is 16.2. The van der Waals surface area contributed by atoms with E-state index in [9.17, 15) is 18.0 Å². The molecule has 102 valence electrons. The van der Waals surface area contributed by atoms with Crippen LogP contribution in [0.1, 0.15) is 33.1 Å². The van der Waals surface area contributed by atoms with Gasteiger partial charge in [0.25, 0.3) is 0 Å². The lowest BCUT2D eigenvalue weighted by Crippen LogP contribution is -2.47. The number of hydrogen-bond donors (Lipinski definition) is 2. The molecule has 0 rings (SSSR count). The van der Waals surface area contributed by atoms with Crippen LogP contribution in [0.4, 0.5) is 13.2 Å². The molecule has 0 saturated carbocycles. The van der Waals surface area contributed by atoms with Crippen molar-refractivity contribution in [1.29, 1.82) is 0 Å². The number of ether oxygens (including phenoxy) is 1. The van der Waals surface area contributed by atoms with Gasteiger partial charge in [-0.2, -0.15) is 13.2 Å². The van der Waals surface area contributed by atoms with Crippen molar-refractivity contribution in [3.63, 3.8) is 0 Å². The molecule has 0 spiro atoms. The molecule has 0 bridgehead atoms. The first-order valence-corrected chi connectivity index (χ1v) is 5.25. The molecular formula is C10H18F3NO3. The van der Waals surface area contributed by atoms with Crippen LogP contribution in [0.25, 0.3) is 0 Å². The van der Waals surface area contributed by atoms with E-state index in [-0.39, 0.29) is 19.4 Å². The van der Waals surface area contributed by atoms with Crippen molar-refractivity contribution >= 4 is 5.97 Å². The zero-order valence-corrected chi connectivity index (χ0v) is 9.88. The van der Waals surface area contributed by atoms with Crippen molar-refractivity contribution in [2.75, 3.05) is 6.61 Å². The van der Waals surface area contributed by atoms with Crippen molar-refractivity contribution in [2.45, 2.75) is 50.9 Å². The summed E-state index contributed by atoms with van der Waals surface area (Å²) in [7, 11) is 0. The number of aliphatic carboxylic acids is 1. The number of hydrogen-bond acceptors (Lipinski definition) is 3. The van der Waals surface area contributed by atoms with Crippen molar-refractivity contribution in [3.05, 3.63) is 0 Å². The van der Waals surface area contributed by atoms with Gasteiger partial charge in [0.15, 0.2) is 0 Å². The SMILES string of the molecule is CC(CC(C)(N)C(=O)O)OCCCC(F)(F)F. The summed E-state index contributed by atoms with van der Waals surface area (Å²) in [5.74, 6) is -1.16. The number of nitrogens with two attached hydrogens (primary N) is 1. The molecule has 4 nitrogen and oxygen atoms in total. The molecule has 0 aromatic carbocycles. The monoisotopic (exact) mass is 257 g/mol. The molecule has 0 aliphatic rings. The van der Waals surface area contributed by atoms with E-state index in [4.69, 9.17) is 15.6 Å². The number of rotatable bonds is 7. The van der Waals surface area contributed by atoms with E-state index >= 15 is 0 Å². The molecule has 0 aromatic rings. The second kappa shape index (κ2) is 6.20. The quantitative estimate of drug-likeness (QED) is 0.683. The largest absolute Gasteiger partial charge is 0.480 e. The predicted octanol–water partition coefficient (Wildman–Crippen LogP) is 1.93. The minimum absolute atomic E-state index is 0.0500. The summed E-state index contributed by atoms with van der Waals surface area (Å²) in [5, 5.41) is 8.74. The second-order valence-electron chi connectivity index (χ2n) is 4.33. The van der Waals surface area contributed by atoms with E-state index in [0.29, 0.717) is 0 Å². The van der Waals surface area contributed by atoms with Crippen LogP contribution >= 0.6 is 0 Å². The molecule has 2 atom stereocenters. The van der Waals surface area contributed by atoms with Crippen LogP contribution in [0.3, 0.4) is 0 Å². The molecule has 2 unspecified atom stereocenters. The number of carbonyl (C=O) groups is 1. The first-order valence-electron chi connectivity index (χ1n) is 5.25. The van der Waals surface area contributed by atoms with Crippen LogP contribution < -0.4 is 5.73 Å². The summed E-state index contributed by atoms with van der Waals surface area (Å²) in [6.07, 6.45) is -5.67. The Labute approximate surface area is 97.9 Å². The Morgan fingerprint density at radius 1 is 1.47 bits per heavy atom. The maximum absolute atomic E-state index is 11.8. The molecule has 0 aromatic heterocycles. The maximum Gasteiger partial charge on any atom is 0.389 e. The van der Waals surface area contributed by atoms with Crippen LogP contribution in [-0.2, 0) is 9.53 Å². The fourth-order valence-electron chi connectivity index (χ4n) is 1.30. The van der Waals surface area contributed by atoms with Gasteiger partial charge < -0.3 is 15.6 Å². The highest BCUT2D eigenvalue weighted by Gasteiger charge is 2.30. The van der Waals surface area contributed by atoms with E-state index in [1.807, 2.05) is 0 Å². The zero-order valence-electron chi connectivity index (χ0n) is 9.88. The van der Waals surface area contributed by atoms with Gasteiger partial charge in [0, 0.05) is 19.4 Å². The van der Waals surface area contributed by atoms with E-state index in [1.165, 1.54) is 6.92 Å². The third-order valence-electron chi connectivity index (χ3n) is 2.21. The summed E-state index contributed by atoms with van der Waals surface area (Å²) >= 11 is 0. The molecule has 17 heavy (non-hydrogen) atoms. The topological polar surface area (TPSA) is 72.6 Å². The van der Waals surface area contributed by atoms with Crippen molar-refractivity contribution in [3.8, 4) is 0 Å². The Bertz CT molecular complexity index is 254. The van der Waals surface area contributed by atoms with Gasteiger partial charge in [-0.1, -0.05) is 0 Å². The lowest BCUT2D eigenvalue weighted by atomic mass is 9.96. The van der Waals surface area contributed by atoms with Crippen LogP contribution in [-0.4, -0.2) is 35.5 Å². The highest BCUT2D eigenvalue weighted by Crippen LogP contribution is 2.21. The molecular weight excluding hydrogens is 239 g/mol. The fourth-order valence-corrected chi connectivity index (χ4v) is 1.30. The Balaban J connectivity index is 3.81. The molecule has 0 radical (unpaired) electrons. The van der Waals surface area contributed by atoms with Gasteiger partial charge in [0.2, 0.25) is 0 Å². The van der Waals surface area contributed by atoms with Gasteiger partial charge in [-0.15, -0.1) is 0 Å². The standard InChI is InChI=1S/C10H18F3NO3/c1-7(6-9(2,14)8(15)16)17-5-3-4-10(11,12)13/h7H,3-6,14H2,1-2H3,(H,15,16). The second-order valence-corrected chi connectivity index (χ2v) is 4.33. The highest BCUT2D eigenvalue weighted by molar-refractivity contribution is 5.77. The molecule has 0 fully saturated rings. The number of carboxylic acid groups (broad SMARTS) is 1. The van der Waals surface area contributed by atoms with Gasteiger partial charge in [-0.05, 0) is 20.3 Å². The van der Waals surface area contributed by atoms with E-state index in [1.54, 1.807) is 6.92 Å². The van der Waals surface area contributed by atoms with Gasteiger partial charge in [-0.3, -0.25) is 4.79 Å². The molecule has 0 aliphatic carbocycles. The molecule has 7 heteroatoms. The number of alkyl halides is 3. The van der Waals surface area contributed by atoms with Crippen molar-refractivity contribution in [1.82, 2.24) is 0 Å².